The Balaban J connectivity index is 0.000000380. The van der Waals surface area contributed by atoms with Crippen molar-refractivity contribution in [1.29, 1.82) is 2.67 Å². The van der Waals surface area contributed by atoms with Crippen molar-refractivity contribution in [3.8, 4) is 0 Å². The Hall–Kier alpha value is 0.0699. The summed E-state index contributed by atoms with van der Waals surface area (Å²) in [4.78, 5) is 0. The van der Waals surface area contributed by atoms with Gasteiger partial charge in [0.05, 0.1) is 48.8 Å². The Kier molecular flexibility index (Phi) is 12.8. The van der Waals surface area contributed by atoms with Gasteiger partial charge in [0, 0.05) is 10.8 Å². The molecule has 2 N–H and O–H groups in total. The van der Waals surface area contributed by atoms with Crippen molar-refractivity contribution < 1.29 is 28.1 Å². The highest BCUT2D eigenvalue weighted by atomic mass is 32.2. The fraction of sp³-hybridized carbons (Fsp3) is 0.846. The summed E-state index contributed by atoms with van der Waals surface area (Å²) < 4.78 is 37.0. The Bertz CT molecular complexity index is 665. The molecular formula is C26H48B2O6S2. The number of aliphatic hydroxyl groups is 2. The number of rotatable bonds is 14. The van der Waals surface area contributed by atoms with E-state index in [4.69, 9.17) is 20.5 Å². The molecule has 2 aliphatic rings. The van der Waals surface area contributed by atoms with Crippen molar-refractivity contribution in [2.24, 2.45) is 10.8 Å². The maximum atomic E-state index is 10.3. The lowest BCUT2D eigenvalue weighted by atomic mass is 9.70. The topological polar surface area (TPSA) is 77.4 Å². The molecule has 0 aromatic carbocycles. The third-order valence-electron chi connectivity index (χ3n) is 8.14. The van der Waals surface area contributed by atoms with Gasteiger partial charge in [0.15, 0.2) is 0 Å². The molecule has 6 atom stereocenters. The number of ether oxygens (including phenoxy) is 2. The van der Waals surface area contributed by atoms with Gasteiger partial charge >= 0.3 is 0 Å². The third kappa shape index (κ3) is 8.54. The van der Waals surface area contributed by atoms with Gasteiger partial charge in [0.25, 0.3) is 0 Å². The molecule has 0 spiro atoms. The molecule has 206 valence electrons. The molecule has 3 unspecified atom stereocenters. The second-order valence-electron chi connectivity index (χ2n) is 11.4. The average Bonchev–Trinajstić information content (AvgIpc) is 2.84. The molecule has 0 aromatic rings. The van der Waals surface area contributed by atoms with Gasteiger partial charge in [0.2, 0.25) is 14.2 Å². The third-order valence-corrected chi connectivity index (χ3v) is 8.65. The van der Waals surface area contributed by atoms with Gasteiger partial charge in [-0.15, -0.1) is 13.2 Å². The fourth-order valence-corrected chi connectivity index (χ4v) is 5.51. The van der Waals surface area contributed by atoms with E-state index in [9.17, 15) is 10.2 Å². The zero-order valence-electron chi connectivity index (χ0n) is 25.0. The van der Waals surface area contributed by atoms with E-state index in [0.29, 0.717) is 13.2 Å². The van der Waals surface area contributed by atoms with Crippen LogP contribution in [0.15, 0.2) is 25.3 Å². The van der Waals surface area contributed by atoms with Crippen molar-refractivity contribution in [3.63, 3.8) is 0 Å². The van der Waals surface area contributed by atoms with Crippen LogP contribution in [0.4, 0.5) is 0 Å². The molecule has 10 heteroatoms. The fourth-order valence-electron chi connectivity index (χ4n) is 4.78. The van der Waals surface area contributed by atoms with Crippen molar-refractivity contribution >= 4 is 38.0 Å². The Morgan fingerprint density at radius 1 is 0.861 bits per heavy atom. The molecule has 36 heavy (non-hydrogen) atoms. The van der Waals surface area contributed by atoms with Crippen LogP contribution >= 0.6 is 23.8 Å². The summed E-state index contributed by atoms with van der Waals surface area (Å²) in [6.45, 7) is 20.3. The summed E-state index contributed by atoms with van der Waals surface area (Å²) in [5, 5.41) is 20.7. The van der Waals surface area contributed by atoms with E-state index in [2.05, 4.69) is 13.2 Å². The largest absolute Gasteiger partial charge is 0.390 e. The highest BCUT2D eigenvalue weighted by Crippen LogP contribution is 2.45. The van der Waals surface area contributed by atoms with Gasteiger partial charge in [-0.1, -0.05) is 63.6 Å². The minimum atomic E-state index is -0.651. The Morgan fingerprint density at radius 2 is 1.22 bits per heavy atom. The highest BCUT2D eigenvalue weighted by molar-refractivity contribution is 8.16. The molecule has 2 aliphatic heterocycles. The SMILES string of the molecule is [3H][B]SOCC(C)(C)C1(C)O[C@H](CC=C)CCC1O.[3H][B]SOCC(C)(C)[C@]1(C)O[C@H](CC=C)CCC1O. The second-order valence-corrected chi connectivity index (χ2v) is 12.3. The maximum Gasteiger partial charge on any atom is 0.209 e. The van der Waals surface area contributed by atoms with E-state index >= 15 is 0 Å². The van der Waals surface area contributed by atoms with E-state index in [1.54, 1.807) is 0 Å². The lowest BCUT2D eigenvalue weighted by molar-refractivity contribution is -0.233. The maximum absolute atomic E-state index is 10.3. The van der Waals surface area contributed by atoms with E-state index < -0.39 is 23.4 Å². The number of aliphatic hydroxyl groups excluding tert-OH is 2. The molecule has 2 rings (SSSR count). The van der Waals surface area contributed by atoms with Gasteiger partial charge in [0.1, 0.15) is 0 Å². The Labute approximate surface area is 233 Å². The molecule has 0 aromatic heterocycles. The minimum Gasteiger partial charge on any atom is -0.390 e. The summed E-state index contributed by atoms with van der Waals surface area (Å²) >= 11 is 2.00. The molecule has 2 radical (unpaired) electrons. The van der Waals surface area contributed by atoms with E-state index in [-0.39, 0.29) is 23.0 Å². The molecule has 2 fully saturated rings. The number of hydrogen-bond acceptors (Lipinski definition) is 8. The second kappa shape index (κ2) is 15.0. The lowest BCUT2D eigenvalue weighted by Gasteiger charge is -2.51. The van der Waals surface area contributed by atoms with Crippen LogP contribution in [-0.4, -0.2) is 75.9 Å². The van der Waals surface area contributed by atoms with Crippen LogP contribution < -0.4 is 0 Å². The zero-order valence-corrected chi connectivity index (χ0v) is 24.7. The molecule has 6 nitrogen and oxygen atoms in total. The van der Waals surface area contributed by atoms with Crippen LogP contribution in [0.1, 0.15) is 80.1 Å². The zero-order chi connectivity index (χ0) is 29.0. The number of hydrogen-bond donors (Lipinski definition) is 2. The quantitative estimate of drug-likeness (QED) is 0.140. The van der Waals surface area contributed by atoms with Crippen molar-refractivity contribution in [1.82, 2.24) is 0 Å². The van der Waals surface area contributed by atoms with Gasteiger partial charge in [-0.2, -0.15) is 0 Å². The summed E-state index contributed by atoms with van der Waals surface area (Å²) in [5.41, 5.74) is -1.99. The van der Waals surface area contributed by atoms with E-state index in [1.807, 2.05) is 53.7 Å². The molecule has 2 heterocycles. The Morgan fingerprint density at radius 3 is 1.53 bits per heavy atom. The first-order valence-electron chi connectivity index (χ1n) is 13.8. The molecule has 2 saturated heterocycles. The minimum absolute atomic E-state index is 0.112. The molecule has 0 bridgehead atoms. The van der Waals surface area contributed by atoms with Crippen molar-refractivity contribution in [2.45, 2.75) is 116 Å². The van der Waals surface area contributed by atoms with Gasteiger partial charge in [-0.3, -0.25) is 0 Å². The summed E-state index contributed by atoms with van der Waals surface area (Å²) in [5.74, 6) is 0. The molecular weight excluding hydrogens is 494 g/mol. The summed E-state index contributed by atoms with van der Waals surface area (Å²) in [6, 6.07) is 0. The molecule has 0 saturated carbocycles. The van der Waals surface area contributed by atoms with Crippen LogP contribution in [0.5, 0.6) is 0 Å². The van der Waals surface area contributed by atoms with Gasteiger partial charge < -0.3 is 28.1 Å². The highest BCUT2D eigenvalue weighted by Gasteiger charge is 2.52. The first-order chi connectivity index (χ1) is 17.7. The lowest BCUT2D eigenvalue weighted by Crippen LogP contribution is -2.59. The van der Waals surface area contributed by atoms with Crippen LogP contribution in [-0.2, 0) is 17.8 Å². The average molecular weight is 546 g/mol. The predicted molar refractivity (Wildman–Crippen MR) is 156 cm³/mol. The van der Waals surface area contributed by atoms with E-state index in [1.165, 1.54) is 0 Å². The smallest absolute Gasteiger partial charge is 0.209 e. The summed E-state index contributed by atoms with van der Waals surface area (Å²) in [6.07, 6.45) is 7.71. The van der Waals surface area contributed by atoms with Gasteiger partial charge in [-0.25, -0.2) is 0 Å². The van der Waals surface area contributed by atoms with Crippen molar-refractivity contribution in [2.75, 3.05) is 13.2 Å². The standard InChI is InChI=1S/2C13H24BO3S/c2*1-5-6-10-7-8-11(15)13(4,17-10)12(2,3)9-16-18-14/h2*5,10-11,14-15H,1,6-9H2,2-4H3/t10-,11?,13?;10-,11?,13-/m11/s1/i2*14T. The van der Waals surface area contributed by atoms with Crippen LogP contribution in [0, 0.1) is 10.8 Å². The van der Waals surface area contributed by atoms with Gasteiger partial charge in [-0.05, 0) is 55.0 Å². The summed E-state index contributed by atoms with van der Waals surface area (Å²) in [7, 11) is 2.30. The first-order valence-corrected chi connectivity index (χ1v) is 14.3. The molecule has 0 amide bonds. The molecule has 0 aliphatic carbocycles. The van der Waals surface area contributed by atoms with Crippen LogP contribution in [0.25, 0.3) is 0 Å². The predicted octanol–water partition coefficient (Wildman–Crippen LogP) is 4.74. The van der Waals surface area contributed by atoms with Crippen LogP contribution in [0.3, 0.4) is 0 Å². The normalized spacial score (nSPS) is 33.9. The van der Waals surface area contributed by atoms with Crippen LogP contribution in [0.2, 0.25) is 0 Å². The van der Waals surface area contributed by atoms with E-state index in [0.717, 1.165) is 76.5 Å². The monoisotopic (exact) mass is 546 g/mol. The van der Waals surface area contributed by atoms with Crippen molar-refractivity contribution in [3.05, 3.63) is 25.3 Å². The first kappa shape index (κ1) is 30.6.